The number of carbonyl (C=O) groups is 2. The van der Waals surface area contributed by atoms with Gasteiger partial charge in [-0.25, -0.2) is 9.96 Å². The Morgan fingerprint density at radius 3 is 2.06 bits per heavy atom. The maximum atomic E-state index is 13.9. The smallest absolute Gasteiger partial charge is 0.266 e. The lowest BCUT2D eigenvalue weighted by atomic mass is 9.90. The van der Waals surface area contributed by atoms with Crippen LogP contribution < -0.4 is 9.96 Å². The van der Waals surface area contributed by atoms with Gasteiger partial charge in [-0.2, -0.15) is 0 Å². The highest BCUT2D eigenvalue weighted by atomic mass is 35.5. The third kappa shape index (κ3) is 3.77. The van der Waals surface area contributed by atoms with Gasteiger partial charge in [-0.05, 0) is 53.1 Å². The number of anilines is 2. The molecule has 0 bridgehead atoms. The molecule has 3 atom stereocenters. The first-order chi connectivity index (χ1) is 17.5. The van der Waals surface area contributed by atoms with E-state index in [-0.39, 0.29) is 5.91 Å². The van der Waals surface area contributed by atoms with Crippen molar-refractivity contribution in [3.8, 4) is 11.1 Å². The van der Waals surface area contributed by atoms with E-state index in [1.807, 2.05) is 78.9 Å². The van der Waals surface area contributed by atoms with Crippen LogP contribution in [0.1, 0.15) is 11.6 Å². The van der Waals surface area contributed by atoms with Crippen LogP contribution in [0.2, 0.25) is 10.0 Å². The van der Waals surface area contributed by atoms with Gasteiger partial charge in [0.2, 0.25) is 5.91 Å². The van der Waals surface area contributed by atoms with Crippen molar-refractivity contribution in [3.05, 3.63) is 119 Å². The SMILES string of the molecule is O=C1C2ON(c3ccccc3)C(c3ccc(Cl)cc3Cl)C2C(=O)N1c1cccc(-c2ccccc2)c1. The normalized spacial score (nSPS) is 21.2. The van der Waals surface area contributed by atoms with Crippen LogP contribution in [0.5, 0.6) is 0 Å². The number of hydrogen-bond acceptors (Lipinski definition) is 4. The van der Waals surface area contributed by atoms with Crippen molar-refractivity contribution in [1.82, 2.24) is 0 Å². The molecule has 4 aromatic carbocycles. The minimum absolute atomic E-state index is 0.329. The third-order valence-corrected chi connectivity index (χ3v) is 7.18. The summed E-state index contributed by atoms with van der Waals surface area (Å²) in [6.07, 6.45) is -0.977. The van der Waals surface area contributed by atoms with Crippen molar-refractivity contribution in [2.45, 2.75) is 12.1 Å². The summed E-state index contributed by atoms with van der Waals surface area (Å²) in [4.78, 5) is 35.0. The fourth-order valence-electron chi connectivity index (χ4n) is 4.98. The van der Waals surface area contributed by atoms with Crippen LogP contribution in [-0.4, -0.2) is 17.9 Å². The Morgan fingerprint density at radius 2 is 1.33 bits per heavy atom. The molecule has 0 spiro atoms. The summed E-state index contributed by atoms with van der Waals surface area (Å²) in [6, 6.07) is 31.1. The van der Waals surface area contributed by atoms with Gasteiger partial charge in [-0.3, -0.25) is 14.4 Å². The first-order valence-corrected chi connectivity index (χ1v) is 12.3. The van der Waals surface area contributed by atoms with Crippen molar-refractivity contribution in [1.29, 1.82) is 0 Å². The van der Waals surface area contributed by atoms with E-state index in [1.54, 1.807) is 29.3 Å². The lowest BCUT2D eigenvalue weighted by molar-refractivity contribution is -0.126. The van der Waals surface area contributed by atoms with Crippen LogP contribution in [-0.2, 0) is 14.4 Å². The molecule has 7 heteroatoms. The highest BCUT2D eigenvalue weighted by Gasteiger charge is 2.60. The Balaban J connectivity index is 1.42. The van der Waals surface area contributed by atoms with E-state index in [4.69, 9.17) is 28.0 Å². The number of nitrogens with zero attached hydrogens (tertiary/aromatic N) is 2. The first kappa shape index (κ1) is 22.8. The molecule has 2 heterocycles. The average molecular weight is 515 g/mol. The number of benzene rings is 4. The second kappa shape index (κ2) is 9.10. The number of rotatable bonds is 4. The third-order valence-electron chi connectivity index (χ3n) is 6.62. The van der Waals surface area contributed by atoms with Gasteiger partial charge in [-0.1, -0.05) is 89.9 Å². The molecule has 3 unspecified atom stereocenters. The standard InChI is InChI=1S/C29H20Cl2N2O3/c30-20-14-15-23(24(31)17-20)26-25-27(36-33(26)21-11-5-2-6-12-21)29(35)32(28(25)34)22-13-7-10-19(16-22)18-8-3-1-4-9-18/h1-17,25-27H. The van der Waals surface area contributed by atoms with Gasteiger partial charge in [0.05, 0.1) is 17.4 Å². The van der Waals surface area contributed by atoms with Gasteiger partial charge >= 0.3 is 0 Å². The number of carbonyl (C=O) groups excluding carboxylic acids is 2. The number of hydroxylamine groups is 1. The van der Waals surface area contributed by atoms with Crippen molar-refractivity contribution in [2.75, 3.05) is 9.96 Å². The number of para-hydroxylation sites is 1. The molecule has 0 N–H and O–H groups in total. The molecule has 2 fully saturated rings. The summed E-state index contributed by atoms with van der Waals surface area (Å²) in [5.41, 5.74) is 3.81. The van der Waals surface area contributed by atoms with Gasteiger partial charge in [0.15, 0.2) is 6.10 Å². The maximum Gasteiger partial charge on any atom is 0.266 e. The van der Waals surface area contributed by atoms with Crippen LogP contribution in [0, 0.1) is 5.92 Å². The van der Waals surface area contributed by atoms with Gasteiger partial charge in [0.1, 0.15) is 5.92 Å². The summed E-state index contributed by atoms with van der Waals surface area (Å²) in [7, 11) is 0. The molecule has 2 saturated heterocycles. The lowest BCUT2D eigenvalue weighted by Gasteiger charge is -2.29. The van der Waals surface area contributed by atoms with Gasteiger partial charge < -0.3 is 0 Å². The van der Waals surface area contributed by atoms with Crippen molar-refractivity contribution < 1.29 is 14.4 Å². The van der Waals surface area contributed by atoms with Gasteiger partial charge in [0, 0.05) is 10.0 Å². The summed E-state index contributed by atoms with van der Waals surface area (Å²) in [5, 5.41) is 2.51. The Bertz CT molecular complexity index is 1460. The molecule has 2 amide bonds. The zero-order valence-electron chi connectivity index (χ0n) is 18.9. The Kier molecular flexibility index (Phi) is 5.76. The largest absolute Gasteiger partial charge is 0.273 e. The summed E-state index contributed by atoms with van der Waals surface area (Å²) in [5.74, 6) is -1.51. The minimum atomic E-state index is -0.977. The highest BCUT2D eigenvalue weighted by Crippen LogP contribution is 2.49. The van der Waals surface area contributed by atoms with E-state index >= 15 is 0 Å². The molecule has 2 aliphatic heterocycles. The second-order valence-corrected chi connectivity index (χ2v) is 9.60. The zero-order chi connectivity index (χ0) is 24.8. The van der Waals surface area contributed by atoms with Crippen LogP contribution in [0.4, 0.5) is 11.4 Å². The molecular weight excluding hydrogens is 495 g/mol. The molecule has 0 radical (unpaired) electrons. The zero-order valence-corrected chi connectivity index (χ0v) is 20.4. The van der Waals surface area contributed by atoms with Crippen molar-refractivity contribution >= 4 is 46.4 Å². The predicted octanol–water partition coefficient (Wildman–Crippen LogP) is 6.71. The van der Waals surface area contributed by atoms with E-state index < -0.39 is 24.0 Å². The molecular formula is C29H20Cl2N2O3. The number of fused-ring (bicyclic) bond motifs is 1. The first-order valence-electron chi connectivity index (χ1n) is 11.5. The van der Waals surface area contributed by atoms with E-state index in [9.17, 15) is 9.59 Å². The minimum Gasteiger partial charge on any atom is -0.273 e. The summed E-state index contributed by atoms with van der Waals surface area (Å²) in [6.45, 7) is 0. The molecule has 178 valence electrons. The molecule has 0 aromatic heterocycles. The van der Waals surface area contributed by atoms with Crippen molar-refractivity contribution in [2.24, 2.45) is 5.92 Å². The topological polar surface area (TPSA) is 49.9 Å². The Labute approximate surface area is 218 Å². The molecule has 36 heavy (non-hydrogen) atoms. The van der Waals surface area contributed by atoms with E-state index in [0.717, 1.165) is 16.8 Å². The molecule has 6 rings (SSSR count). The molecule has 0 saturated carbocycles. The fraction of sp³-hybridized carbons (Fsp3) is 0.103. The quantitative estimate of drug-likeness (QED) is 0.284. The predicted molar refractivity (Wildman–Crippen MR) is 141 cm³/mol. The number of imide groups is 1. The fourth-order valence-corrected chi connectivity index (χ4v) is 5.50. The van der Waals surface area contributed by atoms with Gasteiger partial charge in [0.25, 0.3) is 5.91 Å². The monoisotopic (exact) mass is 514 g/mol. The Hall–Kier alpha value is -3.64. The molecule has 2 aliphatic rings. The second-order valence-electron chi connectivity index (χ2n) is 8.75. The van der Waals surface area contributed by atoms with Crippen molar-refractivity contribution in [3.63, 3.8) is 0 Å². The lowest BCUT2D eigenvalue weighted by Crippen LogP contribution is -2.37. The Morgan fingerprint density at radius 1 is 0.667 bits per heavy atom. The molecule has 5 nitrogen and oxygen atoms in total. The number of amides is 2. The number of hydrogen-bond donors (Lipinski definition) is 0. The average Bonchev–Trinajstić information content (AvgIpc) is 3.41. The van der Waals surface area contributed by atoms with Crippen LogP contribution in [0.3, 0.4) is 0 Å². The number of halogens is 2. The van der Waals surface area contributed by atoms with Crippen LogP contribution in [0.25, 0.3) is 11.1 Å². The maximum absolute atomic E-state index is 13.9. The summed E-state index contributed by atoms with van der Waals surface area (Å²) < 4.78 is 0. The summed E-state index contributed by atoms with van der Waals surface area (Å²) >= 11 is 12.8. The van der Waals surface area contributed by atoms with E-state index in [1.165, 1.54) is 4.90 Å². The molecule has 4 aromatic rings. The van der Waals surface area contributed by atoms with Crippen LogP contribution in [0.15, 0.2) is 103 Å². The highest BCUT2D eigenvalue weighted by molar-refractivity contribution is 6.35. The van der Waals surface area contributed by atoms with Gasteiger partial charge in [-0.15, -0.1) is 0 Å². The van der Waals surface area contributed by atoms with E-state index in [0.29, 0.717) is 21.3 Å². The molecule has 0 aliphatic carbocycles. The van der Waals surface area contributed by atoms with Crippen LogP contribution >= 0.6 is 23.2 Å². The van der Waals surface area contributed by atoms with E-state index in [2.05, 4.69) is 0 Å².